The third-order valence-electron chi connectivity index (χ3n) is 4.68. The van der Waals surface area contributed by atoms with Crippen molar-refractivity contribution in [2.24, 2.45) is 5.92 Å². The van der Waals surface area contributed by atoms with E-state index in [2.05, 4.69) is 49.7 Å². The highest BCUT2D eigenvalue weighted by molar-refractivity contribution is 5.22. The monoisotopic (exact) mass is 303 g/mol. The normalized spacial score (nSPS) is 15.3. The molecule has 1 aliphatic rings. The van der Waals surface area contributed by atoms with Crippen molar-refractivity contribution in [1.29, 1.82) is 0 Å². The van der Waals surface area contributed by atoms with Crippen LogP contribution in [0.4, 0.5) is 0 Å². The molecule has 0 fully saturated rings. The summed E-state index contributed by atoms with van der Waals surface area (Å²) >= 11 is 0. The predicted molar refractivity (Wildman–Crippen MR) is 99.7 cm³/mol. The number of rotatable bonds is 13. The lowest BCUT2D eigenvalue weighted by Gasteiger charge is -2.18. The zero-order valence-electron chi connectivity index (χ0n) is 14.9. The molecule has 0 saturated carbocycles. The number of allylic oxidation sites excluding steroid dienone is 5. The van der Waals surface area contributed by atoms with Gasteiger partial charge in [0.15, 0.2) is 0 Å². The van der Waals surface area contributed by atoms with E-state index in [4.69, 9.17) is 0 Å². The molecule has 1 atom stereocenters. The van der Waals surface area contributed by atoms with Crippen LogP contribution >= 0.6 is 0 Å². The average molecular weight is 304 g/mol. The van der Waals surface area contributed by atoms with Crippen LogP contribution in [0, 0.1) is 5.92 Å². The van der Waals surface area contributed by atoms with E-state index in [-0.39, 0.29) is 0 Å². The van der Waals surface area contributed by atoms with Gasteiger partial charge < -0.3 is 5.32 Å². The van der Waals surface area contributed by atoms with Crippen molar-refractivity contribution in [3.05, 3.63) is 36.2 Å². The Morgan fingerprint density at radius 2 is 1.41 bits per heavy atom. The minimum Gasteiger partial charge on any atom is -0.365 e. The van der Waals surface area contributed by atoms with Crippen molar-refractivity contribution in [2.75, 3.05) is 0 Å². The van der Waals surface area contributed by atoms with Gasteiger partial charge in [0.1, 0.15) is 0 Å². The van der Waals surface area contributed by atoms with Gasteiger partial charge in [0, 0.05) is 11.9 Å². The first-order valence-corrected chi connectivity index (χ1v) is 9.68. The van der Waals surface area contributed by atoms with Crippen molar-refractivity contribution in [2.45, 2.75) is 90.9 Å². The van der Waals surface area contributed by atoms with Crippen molar-refractivity contribution in [3.8, 4) is 0 Å². The largest absolute Gasteiger partial charge is 0.365 e. The molecule has 1 heteroatoms. The second-order valence-corrected chi connectivity index (χ2v) is 6.59. The van der Waals surface area contributed by atoms with Gasteiger partial charge in [-0.05, 0) is 30.9 Å². The third-order valence-corrected chi connectivity index (χ3v) is 4.68. The molecule has 1 unspecified atom stereocenters. The van der Waals surface area contributed by atoms with Crippen molar-refractivity contribution < 1.29 is 0 Å². The molecule has 0 aliphatic carbocycles. The van der Waals surface area contributed by atoms with Gasteiger partial charge in [0.25, 0.3) is 0 Å². The summed E-state index contributed by atoms with van der Waals surface area (Å²) in [7, 11) is 0. The number of hydrogen-bond acceptors (Lipinski definition) is 1. The second kappa shape index (κ2) is 13.7. The van der Waals surface area contributed by atoms with Crippen molar-refractivity contribution in [1.82, 2.24) is 5.32 Å². The van der Waals surface area contributed by atoms with Crippen LogP contribution < -0.4 is 5.32 Å². The lowest BCUT2D eigenvalue weighted by molar-refractivity contribution is 0.474. The predicted octanol–water partition coefficient (Wildman–Crippen LogP) is 6.88. The zero-order valence-corrected chi connectivity index (χ0v) is 14.9. The Morgan fingerprint density at radius 3 is 2.05 bits per heavy atom. The molecule has 0 aromatic heterocycles. The van der Waals surface area contributed by atoms with Gasteiger partial charge in [-0.25, -0.2) is 0 Å². The molecule has 1 rings (SSSR count). The van der Waals surface area contributed by atoms with E-state index in [1.165, 1.54) is 82.7 Å². The van der Waals surface area contributed by atoms with E-state index < -0.39 is 0 Å². The van der Waals surface area contributed by atoms with Crippen LogP contribution in [0.3, 0.4) is 0 Å². The van der Waals surface area contributed by atoms with Crippen LogP contribution in [0.25, 0.3) is 0 Å². The highest BCUT2D eigenvalue weighted by Crippen LogP contribution is 2.22. The summed E-state index contributed by atoms with van der Waals surface area (Å²) in [6, 6.07) is 0. The van der Waals surface area contributed by atoms with Gasteiger partial charge in [-0.15, -0.1) is 0 Å². The van der Waals surface area contributed by atoms with Crippen LogP contribution in [0.15, 0.2) is 36.2 Å². The Bertz CT molecular complexity index is 338. The average Bonchev–Trinajstić information content (AvgIpc) is 2.82. The first-order chi connectivity index (χ1) is 10.9. The maximum Gasteiger partial charge on any atom is 0.0177 e. The fourth-order valence-corrected chi connectivity index (χ4v) is 3.18. The molecule has 1 aliphatic heterocycles. The summed E-state index contributed by atoms with van der Waals surface area (Å²) in [6.45, 7) is 4.60. The number of unbranched alkanes of at least 4 members (excludes halogenated alkanes) is 9. The third kappa shape index (κ3) is 9.12. The van der Waals surface area contributed by atoms with Crippen LogP contribution in [-0.4, -0.2) is 0 Å². The quantitative estimate of drug-likeness (QED) is 0.366. The van der Waals surface area contributed by atoms with Crippen LogP contribution in [0.5, 0.6) is 0 Å². The zero-order chi connectivity index (χ0) is 15.9. The van der Waals surface area contributed by atoms with E-state index in [1.807, 2.05) is 0 Å². The molecular formula is C21H37N. The molecule has 126 valence electrons. The van der Waals surface area contributed by atoms with E-state index in [9.17, 15) is 0 Å². The Morgan fingerprint density at radius 1 is 0.773 bits per heavy atom. The molecule has 1 N–H and O–H groups in total. The Balaban J connectivity index is 2.01. The first kappa shape index (κ1) is 19.1. The fourth-order valence-electron chi connectivity index (χ4n) is 3.18. The van der Waals surface area contributed by atoms with Crippen LogP contribution in [0.1, 0.15) is 90.9 Å². The number of nitrogens with one attached hydrogen (secondary N) is 1. The van der Waals surface area contributed by atoms with Crippen molar-refractivity contribution >= 4 is 0 Å². The number of hydrogen-bond donors (Lipinski definition) is 1. The van der Waals surface area contributed by atoms with Gasteiger partial charge in [-0.2, -0.15) is 0 Å². The molecule has 1 heterocycles. The first-order valence-electron chi connectivity index (χ1n) is 9.68. The minimum atomic E-state index is 0.696. The van der Waals surface area contributed by atoms with Gasteiger partial charge >= 0.3 is 0 Å². The SMILES string of the molecule is CCCCCCCCCCCCC(CC)C1=CC=CC=CN1. The van der Waals surface area contributed by atoms with Crippen LogP contribution in [-0.2, 0) is 0 Å². The van der Waals surface area contributed by atoms with E-state index >= 15 is 0 Å². The summed E-state index contributed by atoms with van der Waals surface area (Å²) in [5, 5.41) is 3.44. The molecule has 22 heavy (non-hydrogen) atoms. The maximum atomic E-state index is 3.44. The second-order valence-electron chi connectivity index (χ2n) is 6.59. The molecule has 0 aromatic rings. The lowest BCUT2D eigenvalue weighted by Crippen LogP contribution is -2.14. The lowest BCUT2D eigenvalue weighted by atomic mass is 9.94. The summed E-state index contributed by atoms with van der Waals surface area (Å²) in [5.74, 6) is 0.696. The minimum absolute atomic E-state index is 0.696. The highest BCUT2D eigenvalue weighted by Gasteiger charge is 2.11. The summed E-state index contributed by atoms with van der Waals surface area (Å²) in [6.07, 6.45) is 27.4. The molecule has 0 saturated heterocycles. The van der Waals surface area contributed by atoms with Gasteiger partial charge in [0.05, 0.1) is 0 Å². The Kier molecular flexibility index (Phi) is 11.8. The van der Waals surface area contributed by atoms with Crippen molar-refractivity contribution in [3.63, 3.8) is 0 Å². The van der Waals surface area contributed by atoms with E-state index in [1.54, 1.807) is 0 Å². The maximum absolute atomic E-state index is 3.44. The summed E-state index contributed by atoms with van der Waals surface area (Å²) < 4.78 is 0. The van der Waals surface area contributed by atoms with Gasteiger partial charge in [0.2, 0.25) is 0 Å². The fraction of sp³-hybridized carbons (Fsp3) is 0.714. The topological polar surface area (TPSA) is 12.0 Å². The highest BCUT2D eigenvalue weighted by atomic mass is 14.9. The van der Waals surface area contributed by atoms with E-state index in [0.717, 1.165) is 0 Å². The van der Waals surface area contributed by atoms with Crippen LogP contribution in [0.2, 0.25) is 0 Å². The molecule has 0 amide bonds. The Hall–Kier alpha value is -0.980. The van der Waals surface area contributed by atoms with Gasteiger partial charge in [-0.3, -0.25) is 0 Å². The Labute approximate surface area is 139 Å². The smallest absolute Gasteiger partial charge is 0.0177 e. The van der Waals surface area contributed by atoms with Gasteiger partial charge in [-0.1, -0.05) is 90.2 Å². The molecule has 0 spiro atoms. The molecule has 1 nitrogen and oxygen atoms in total. The molecule has 0 radical (unpaired) electrons. The molecule has 0 bridgehead atoms. The van der Waals surface area contributed by atoms with E-state index in [0.29, 0.717) is 5.92 Å². The molecular weight excluding hydrogens is 266 g/mol. The molecule has 0 aromatic carbocycles. The standard InChI is InChI=1S/C21H37N/c1-3-5-6-7-8-9-10-11-12-14-17-20(4-2)21-18-15-13-16-19-22-21/h13,15-16,18-20,22H,3-12,14,17H2,1-2H3. The summed E-state index contributed by atoms with van der Waals surface area (Å²) in [4.78, 5) is 0. The summed E-state index contributed by atoms with van der Waals surface area (Å²) in [5.41, 5.74) is 1.39.